The van der Waals surface area contributed by atoms with Crippen LogP contribution in [0.2, 0.25) is 0 Å². The van der Waals surface area contributed by atoms with Gasteiger partial charge in [0.2, 0.25) is 29.4 Å². The minimum Gasteiger partial charge on any atom is -0.478 e. The molecule has 338 valence electrons. The van der Waals surface area contributed by atoms with Gasteiger partial charge in [0.05, 0.1) is 42.3 Å². The van der Waals surface area contributed by atoms with Crippen LogP contribution in [0.4, 0.5) is 17.6 Å². The lowest BCUT2D eigenvalue weighted by molar-refractivity contribution is -0.143. The van der Waals surface area contributed by atoms with Crippen LogP contribution in [0, 0.1) is 29.2 Å². The monoisotopic (exact) mass is 876 g/mol. The normalized spacial score (nSPS) is 18.2. The number of benzene rings is 2. The van der Waals surface area contributed by atoms with Gasteiger partial charge in [0.25, 0.3) is 11.8 Å². The first-order chi connectivity index (χ1) is 29.1. The Morgan fingerprint density at radius 1 is 0.871 bits per heavy atom. The molecule has 1 aliphatic heterocycles. The number of carbonyl (C=O) groups is 8. The largest absolute Gasteiger partial charge is 0.478 e. The highest BCUT2D eigenvalue weighted by Gasteiger charge is 2.47. The molecule has 2 unspecified atom stereocenters. The van der Waals surface area contributed by atoms with E-state index in [0.29, 0.717) is 31.2 Å². The number of rotatable bonds is 18. The van der Waals surface area contributed by atoms with Crippen molar-refractivity contribution in [2.75, 3.05) is 13.1 Å². The number of primary amides is 1. The van der Waals surface area contributed by atoms with Crippen LogP contribution in [0.25, 0.3) is 0 Å². The van der Waals surface area contributed by atoms with E-state index in [9.17, 15) is 56.6 Å². The Balaban J connectivity index is 1.58. The van der Waals surface area contributed by atoms with Crippen LogP contribution >= 0.6 is 0 Å². The van der Waals surface area contributed by atoms with Gasteiger partial charge in [-0.25, -0.2) is 22.4 Å². The smallest absolute Gasteiger partial charge is 0.339 e. The van der Waals surface area contributed by atoms with Crippen molar-refractivity contribution in [1.29, 1.82) is 0 Å². The first-order valence-electron chi connectivity index (χ1n) is 20.3. The molecule has 0 bridgehead atoms. The van der Waals surface area contributed by atoms with Crippen molar-refractivity contribution in [3.8, 4) is 0 Å². The van der Waals surface area contributed by atoms with Crippen LogP contribution in [0.5, 0.6) is 0 Å². The molecule has 62 heavy (non-hydrogen) atoms. The summed E-state index contributed by atoms with van der Waals surface area (Å²) in [4.78, 5) is 106. The number of halogens is 4. The summed E-state index contributed by atoms with van der Waals surface area (Å²) < 4.78 is 64.3. The number of nitrogens with one attached hydrogen (secondary N) is 4. The number of likely N-dealkylation sites (tertiary alicyclic amines) is 1. The molecule has 1 saturated heterocycles. The lowest BCUT2D eigenvalue weighted by atomic mass is 9.83. The highest BCUT2D eigenvalue weighted by atomic mass is 19.2. The maximum absolute atomic E-state index is 15.1. The third kappa shape index (κ3) is 12.3. The number of hydrogen-bond acceptors (Lipinski definition) is 9. The summed E-state index contributed by atoms with van der Waals surface area (Å²) in [5.41, 5.74) is 1.65. The molecule has 7 N–H and O–H groups in total. The van der Waals surface area contributed by atoms with Gasteiger partial charge in [0.1, 0.15) is 17.6 Å². The number of Topliss-reactive ketones (excluding diaryl/α,β-unsaturated/α-hetero) is 1. The van der Waals surface area contributed by atoms with Gasteiger partial charge in [0, 0.05) is 13.0 Å². The topological polar surface area (TPSA) is 243 Å². The van der Waals surface area contributed by atoms with Gasteiger partial charge >= 0.3 is 5.97 Å². The number of carboxylic acids is 1. The molecule has 16 nitrogen and oxygen atoms in total. The summed E-state index contributed by atoms with van der Waals surface area (Å²) in [5, 5.41) is 19.1. The van der Waals surface area contributed by atoms with E-state index >= 15 is 4.39 Å². The molecule has 2 aromatic rings. The van der Waals surface area contributed by atoms with E-state index in [-0.39, 0.29) is 32.2 Å². The number of hydrogen-bond donors (Lipinski definition) is 6. The summed E-state index contributed by atoms with van der Waals surface area (Å²) >= 11 is 0. The van der Waals surface area contributed by atoms with Crippen LogP contribution in [0.15, 0.2) is 30.3 Å². The summed E-state index contributed by atoms with van der Waals surface area (Å²) in [6.45, 7) is 5.92. The quantitative estimate of drug-likeness (QED) is 0.0553. The van der Waals surface area contributed by atoms with Gasteiger partial charge in [-0.3, -0.25) is 33.6 Å². The Morgan fingerprint density at radius 2 is 1.48 bits per heavy atom. The number of ether oxygens (including phenoxy) is 1. The number of amides is 6. The zero-order chi connectivity index (χ0) is 46.1. The molecule has 1 aliphatic carbocycles. The minimum absolute atomic E-state index is 0.0511. The van der Waals surface area contributed by atoms with E-state index in [0.717, 1.165) is 11.3 Å². The standard InChI is InChI=1S/C42H52F4N6O10/c1-5-12-24(36(55)39(58)48-19-28(54)49-25(18-27(47)53)21-13-8-6-9-14-21)50-37(56)26-17-23(62-42(2,3)4)20-52(26)40(59)35(22-15-10-7-11-16-22)51-38(57)29-30(41(60)61)32(44)34(46)33(45)31(29)43/h6,8-9,13-14,22-26,35H,5,7,10-12,15-20H2,1-4H3,(H2,47,53)(H,48,58)(H,49,54)(H,50,56)(H,51,57)(H,60,61)/t23-,24?,25?,26+,35+/m1/s1. The highest BCUT2D eigenvalue weighted by Crippen LogP contribution is 2.32. The fourth-order valence-corrected chi connectivity index (χ4v) is 7.78. The fourth-order valence-electron chi connectivity index (χ4n) is 7.78. The van der Waals surface area contributed by atoms with Gasteiger partial charge in [-0.2, -0.15) is 0 Å². The molecule has 20 heteroatoms. The molecule has 4 rings (SSSR count). The van der Waals surface area contributed by atoms with Crippen LogP contribution in [-0.4, -0.2) is 100 Å². The molecular formula is C42H52F4N6O10. The van der Waals surface area contributed by atoms with Crippen molar-refractivity contribution >= 4 is 47.2 Å². The lowest BCUT2D eigenvalue weighted by Gasteiger charge is -2.35. The first kappa shape index (κ1) is 48.7. The maximum Gasteiger partial charge on any atom is 0.339 e. The highest BCUT2D eigenvalue weighted by molar-refractivity contribution is 6.38. The molecule has 2 fully saturated rings. The Kier molecular flexibility index (Phi) is 16.7. The van der Waals surface area contributed by atoms with Gasteiger partial charge in [0.15, 0.2) is 23.3 Å². The average molecular weight is 877 g/mol. The molecule has 5 atom stereocenters. The minimum atomic E-state index is -2.45. The molecular weight excluding hydrogens is 824 g/mol. The molecule has 1 heterocycles. The SMILES string of the molecule is CCCC(NC(=O)[C@@H]1C[C@@H](OC(C)(C)C)CN1C(=O)[C@@H](NC(=O)c1c(F)c(F)c(F)c(F)c1C(=O)O)C1CCCCC1)C(=O)C(=O)NCC(=O)NC(CC(N)=O)c1ccccc1. The second-order valence-electron chi connectivity index (χ2n) is 16.4. The zero-order valence-corrected chi connectivity index (χ0v) is 34.8. The van der Waals surface area contributed by atoms with E-state index in [2.05, 4.69) is 21.3 Å². The Morgan fingerprint density at radius 3 is 2.05 bits per heavy atom. The first-order valence-corrected chi connectivity index (χ1v) is 20.3. The van der Waals surface area contributed by atoms with Crippen molar-refractivity contribution < 1.29 is 65.8 Å². The number of nitrogens with zero attached hydrogens (tertiary/aromatic N) is 1. The predicted octanol–water partition coefficient (Wildman–Crippen LogP) is 3.11. The predicted molar refractivity (Wildman–Crippen MR) is 212 cm³/mol. The molecule has 0 radical (unpaired) electrons. The fraction of sp³-hybridized carbons (Fsp3) is 0.524. The summed E-state index contributed by atoms with van der Waals surface area (Å²) in [5.74, 6) is -19.8. The van der Waals surface area contributed by atoms with Crippen molar-refractivity contribution in [1.82, 2.24) is 26.2 Å². The number of nitrogens with two attached hydrogens (primary N) is 1. The number of ketones is 1. The summed E-state index contributed by atoms with van der Waals surface area (Å²) in [6.07, 6.45) is 1.59. The van der Waals surface area contributed by atoms with E-state index in [1.165, 1.54) is 0 Å². The zero-order valence-electron chi connectivity index (χ0n) is 34.8. The second-order valence-corrected chi connectivity index (χ2v) is 16.4. The van der Waals surface area contributed by atoms with Crippen molar-refractivity contribution in [3.63, 3.8) is 0 Å². The molecule has 2 aromatic carbocycles. The van der Waals surface area contributed by atoms with Crippen molar-refractivity contribution in [2.45, 2.75) is 121 Å². The van der Waals surface area contributed by atoms with Gasteiger partial charge in [-0.05, 0) is 51.5 Å². The van der Waals surface area contributed by atoms with Gasteiger partial charge in [-0.15, -0.1) is 0 Å². The Bertz CT molecular complexity index is 2040. The van der Waals surface area contributed by atoms with E-state index in [1.54, 1.807) is 58.0 Å². The summed E-state index contributed by atoms with van der Waals surface area (Å²) in [7, 11) is 0. The third-order valence-corrected chi connectivity index (χ3v) is 10.5. The third-order valence-electron chi connectivity index (χ3n) is 10.5. The Labute approximate surface area is 355 Å². The van der Waals surface area contributed by atoms with E-state index in [4.69, 9.17) is 10.5 Å². The van der Waals surface area contributed by atoms with Crippen molar-refractivity contribution in [2.24, 2.45) is 11.7 Å². The van der Waals surface area contributed by atoms with Crippen molar-refractivity contribution in [3.05, 3.63) is 70.3 Å². The van der Waals surface area contributed by atoms with Crippen LogP contribution in [-0.2, 0) is 33.5 Å². The lowest BCUT2D eigenvalue weighted by Crippen LogP contribution is -2.58. The number of carbonyl (C=O) groups excluding carboxylic acids is 7. The van der Waals surface area contributed by atoms with E-state index < -0.39 is 130 Å². The summed E-state index contributed by atoms with van der Waals surface area (Å²) in [6, 6.07) is 3.14. The molecule has 2 aliphatic rings. The number of aromatic carboxylic acids is 1. The van der Waals surface area contributed by atoms with Crippen LogP contribution in [0.1, 0.15) is 118 Å². The average Bonchev–Trinajstić information content (AvgIpc) is 3.64. The molecule has 1 saturated carbocycles. The van der Waals surface area contributed by atoms with E-state index in [1.807, 2.05) is 0 Å². The van der Waals surface area contributed by atoms with Gasteiger partial charge < -0.3 is 41.7 Å². The van der Waals surface area contributed by atoms with Crippen LogP contribution in [0.3, 0.4) is 0 Å². The maximum atomic E-state index is 15.1. The molecule has 0 aromatic heterocycles. The molecule has 0 spiro atoms. The molecule has 6 amide bonds. The number of carboxylic acid groups (broad SMARTS) is 1. The van der Waals surface area contributed by atoms with Crippen LogP contribution < -0.4 is 27.0 Å². The van der Waals surface area contributed by atoms with Gasteiger partial charge in [-0.1, -0.05) is 62.9 Å². The Hall–Kier alpha value is -5.92. The second kappa shape index (κ2) is 21.2.